The lowest BCUT2D eigenvalue weighted by molar-refractivity contribution is -0.145. The molecule has 0 saturated carbocycles. The monoisotopic (exact) mass is 364 g/mol. The predicted octanol–water partition coefficient (Wildman–Crippen LogP) is 1.89. The van der Waals surface area contributed by atoms with Crippen LogP contribution in [0.1, 0.15) is 32.8 Å². The van der Waals surface area contributed by atoms with Gasteiger partial charge in [0.2, 0.25) is 11.8 Å². The molecule has 0 aliphatic heterocycles. The van der Waals surface area contributed by atoms with E-state index in [4.69, 9.17) is 4.74 Å². The highest BCUT2D eigenvalue weighted by atomic mass is 19.1. The van der Waals surface area contributed by atoms with Gasteiger partial charge in [0.05, 0.1) is 7.11 Å². The summed E-state index contributed by atoms with van der Waals surface area (Å²) in [6.07, 6.45) is 2.02. The minimum Gasteiger partial charge on any atom is -0.467 e. The van der Waals surface area contributed by atoms with Crippen LogP contribution in [0.3, 0.4) is 0 Å². The van der Waals surface area contributed by atoms with Crippen molar-refractivity contribution in [3.8, 4) is 0 Å². The smallest absolute Gasteiger partial charge is 0.328 e. The lowest BCUT2D eigenvalue weighted by atomic mass is 10.0. The highest BCUT2D eigenvalue weighted by Gasteiger charge is 2.27. The van der Waals surface area contributed by atoms with E-state index in [2.05, 4.69) is 10.6 Å². The number of carbonyl (C=O) groups excluding carboxylic acids is 3. The van der Waals surface area contributed by atoms with E-state index in [1.807, 2.05) is 13.8 Å². The number of hydrogen-bond acceptors (Lipinski definition) is 4. The molecule has 0 aromatic heterocycles. The van der Waals surface area contributed by atoms with Gasteiger partial charge in [0.1, 0.15) is 17.9 Å². The molecule has 0 spiro atoms. The number of esters is 1. The van der Waals surface area contributed by atoms with Crippen molar-refractivity contribution in [2.45, 2.75) is 45.7 Å². The van der Waals surface area contributed by atoms with E-state index < -0.39 is 35.7 Å². The lowest BCUT2D eigenvalue weighted by Gasteiger charge is -2.21. The highest BCUT2D eigenvalue weighted by molar-refractivity contribution is 5.90. The van der Waals surface area contributed by atoms with Gasteiger partial charge in [0.15, 0.2) is 0 Å². The lowest BCUT2D eigenvalue weighted by Crippen LogP contribution is -2.52. The Labute approximate surface area is 152 Å². The van der Waals surface area contributed by atoms with E-state index >= 15 is 0 Å². The molecule has 142 valence electrons. The van der Waals surface area contributed by atoms with Gasteiger partial charge in [-0.25, -0.2) is 9.18 Å². The van der Waals surface area contributed by atoms with Crippen LogP contribution in [-0.4, -0.2) is 37.0 Å². The first kappa shape index (κ1) is 21.3. The summed E-state index contributed by atoms with van der Waals surface area (Å²) in [5.41, 5.74) is 1.28. The molecule has 0 bridgehead atoms. The number of methoxy groups -OCH3 is 1. The van der Waals surface area contributed by atoms with E-state index in [0.29, 0.717) is 5.56 Å². The molecule has 0 unspecified atom stereocenters. The normalized spacial score (nSPS) is 12.5. The Balaban J connectivity index is 2.95. The summed E-state index contributed by atoms with van der Waals surface area (Å²) < 4.78 is 18.6. The number of rotatable bonds is 8. The largest absolute Gasteiger partial charge is 0.467 e. The second-order valence-corrected chi connectivity index (χ2v) is 6.15. The van der Waals surface area contributed by atoms with E-state index in [1.54, 1.807) is 24.3 Å². The molecule has 0 heterocycles. The fourth-order valence-corrected chi connectivity index (χ4v) is 2.32. The number of allylic oxidation sites excluding steroid dienone is 1. The number of halogens is 1. The standard InChI is InChI=1S/C19H25FN2O4/c1-12(2)9-10-16(19(25)26-4)22-18(24)17(21-13(3)23)11-14-7-5-6-8-15(14)20/h5-9,16-17H,10-11H2,1-4H3,(H,21,23)(H,22,24)/t16-,17+/m1/s1. The molecule has 7 heteroatoms. The quantitative estimate of drug-likeness (QED) is 0.545. The number of benzene rings is 1. The zero-order valence-corrected chi connectivity index (χ0v) is 15.5. The first-order chi connectivity index (χ1) is 12.2. The van der Waals surface area contributed by atoms with Crippen molar-refractivity contribution in [1.82, 2.24) is 10.6 Å². The highest BCUT2D eigenvalue weighted by Crippen LogP contribution is 2.10. The molecule has 1 rings (SSSR count). The van der Waals surface area contributed by atoms with Gasteiger partial charge in [-0.05, 0) is 31.9 Å². The van der Waals surface area contributed by atoms with Crippen molar-refractivity contribution in [2.75, 3.05) is 7.11 Å². The van der Waals surface area contributed by atoms with Crippen molar-refractivity contribution in [3.63, 3.8) is 0 Å². The zero-order chi connectivity index (χ0) is 19.7. The number of ether oxygens (including phenoxy) is 1. The van der Waals surface area contributed by atoms with E-state index in [-0.39, 0.29) is 12.8 Å². The third-order valence-electron chi connectivity index (χ3n) is 3.64. The maximum Gasteiger partial charge on any atom is 0.328 e. The average Bonchev–Trinajstić information content (AvgIpc) is 2.58. The maximum absolute atomic E-state index is 13.9. The van der Waals surface area contributed by atoms with Gasteiger partial charge in [-0.3, -0.25) is 9.59 Å². The molecule has 26 heavy (non-hydrogen) atoms. The Bertz CT molecular complexity index is 684. The first-order valence-electron chi connectivity index (χ1n) is 8.26. The number of nitrogens with one attached hydrogen (secondary N) is 2. The molecule has 0 fully saturated rings. The summed E-state index contributed by atoms with van der Waals surface area (Å²) in [7, 11) is 1.23. The first-order valence-corrected chi connectivity index (χ1v) is 8.26. The summed E-state index contributed by atoms with van der Waals surface area (Å²) >= 11 is 0. The Morgan fingerprint density at radius 2 is 1.77 bits per heavy atom. The van der Waals surface area contributed by atoms with Crippen LogP contribution in [0.15, 0.2) is 35.9 Å². The topological polar surface area (TPSA) is 84.5 Å². The van der Waals surface area contributed by atoms with E-state index in [1.165, 1.54) is 20.1 Å². The maximum atomic E-state index is 13.9. The van der Waals surface area contributed by atoms with Gasteiger partial charge >= 0.3 is 5.97 Å². The molecule has 0 saturated heterocycles. The SMILES string of the molecule is COC(=O)[C@@H](CC=C(C)C)NC(=O)[C@H](Cc1ccccc1F)NC(C)=O. The summed E-state index contributed by atoms with van der Waals surface area (Å²) in [5, 5.41) is 5.07. The second kappa shape index (κ2) is 10.3. The Morgan fingerprint density at radius 1 is 1.12 bits per heavy atom. The third kappa shape index (κ3) is 7.04. The van der Waals surface area contributed by atoms with Crippen LogP contribution in [0.2, 0.25) is 0 Å². The van der Waals surface area contributed by atoms with Crippen LogP contribution in [-0.2, 0) is 25.5 Å². The van der Waals surface area contributed by atoms with Gasteiger partial charge in [-0.15, -0.1) is 0 Å². The van der Waals surface area contributed by atoms with Crippen LogP contribution >= 0.6 is 0 Å². The van der Waals surface area contributed by atoms with Gasteiger partial charge in [-0.2, -0.15) is 0 Å². The fraction of sp³-hybridized carbons (Fsp3) is 0.421. The third-order valence-corrected chi connectivity index (χ3v) is 3.64. The molecule has 1 aromatic rings. The molecule has 2 N–H and O–H groups in total. The van der Waals surface area contributed by atoms with Crippen LogP contribution < -0.4 is 10.6 Å². The predicted molar refractivity (Wildman–Crippen MR) is 95.7 cm³/mol. The van der Waals surface area contributed by atoms with Crippen molar-refractivity contribution >= 4 is 17.8 Å². The van der Waals surface area contributed by atoms with Gasteiger partial charge < -0.3 is 15.4 Å². The number of carbonyl (C=O) groups is 3. The van der Waals surface area contributed by atoms with Crippen LogP contribution in [0, 0.1) is 5.82 Å². The molecule has 0 aliphatic rings. The van der Waals surface area contributed by atoms with Crippen molar-refractivity contribution in [2.24, 2.45) is 0 Å². The van der Waals surface area contributed by atoms with Crippen molar-refractivity contribution in [3.05, 3.63) is 47.3 Å². The Morgan fingerprint density at radius 3 is 2.31 bits per heavy atom. The zero-order valence-electron chi connectivity index (χ0n) is 15.5. The van der Waals surface area contributed by atoms with E-state index in [9.17, 15) is 18.8 Å². The van der Waals surface area contributed by atoms with Crippen molar-refractivity contribution in [1.29, 1.82) is 0 Å². The van der Waals surface area contributed by atoms with Crippen molar-refractivity contribution < 1.29 is 23.5 Å². The fourth-order valence-electron chi connectivity index (χ4n) is 2.32. The van der Waals surface area contributed by atoms with Crippen LogP contribution in [0.5, 0.6) is 0 Å². The minimum atomic E-state index is -1.01. The van der Waals surface area contributed by atoms with Gasteiger partial charge in [-0.1, -0.05) is 29.8 Å². The summed E-state index contributed by atoms with van der Waals surface area (Å²) in [6, 6.07) is 4.11. The van der Waals surface area contributed by atoms with Gasteiger partial charge in [0, 0.05) is 13.3 Å². The molecule has 6 nitrogen and oxygen atoms in total. The second-order valence-electron chi connectivity index (χ2n) is 6.15. The average molecular weight is 364 g/mol. The van der Waals surface area contributed by atoms with Crippen LogP contribution in [0.4, 0.5) is 4.39 Å². The molecule has 1 aromatic carbocycles. The Kier molecular flexibility index (Phi) is 8.48. The van der Waals surface area contributed by atoms with Crippen LogP contribution in [0.25, 0.3) is 0 Å². The molecular formula is C19H25FN2O4. The summed E-state index contributed by atoms with van der Waals surface area (Å²) in [4.78, 5) is 35.9. The molecule has 2 atom stereocenters. The minimum absolute atomic E-state index is 0.0331. The summed E-state index contributed by atoms with van der Waals surface area (Å²) in [6.45, 7) is 5.01. The Hall–Kier alpha value is -2.70. The molecular weight excluding hydrogens is 339 g/mol. The molecule has 0 aliphatic carbocycles. The number of amides is 2. The van der Waals surface area contributed by atoms with E-state index in [0.717, 1.165) is 5.57 Å². The molecule has 0 radical (unpaired) electrons. The number of hydrogen-bond donors (Lipinski definition) is 2. The molecule has 2 amide bonds. The summed E-state index contributed by atoms with van der Waals surface area (Å²) in [5.74, 6) is -2.07. The van der Waals surface area contributed by atoms with Gasteiger partial charge in [0.25, 0.3) is 0 Å².